The Morgan fingerprint density at radius 2 is 1.43 bits per heavy atom. The van der Waals surface area contributed by atoms with Gasteiger partial charge in [-0.15, -0.1) is 0 Å². The third kappa shape index (κ3) is 10.7. The van der Waals surface area contributed by atoms with Crippen LogP contribution < -0.4 is 10.5 Å². The molecular formula is C37H43N5O4Pt. The van der Waals surface area contributed by atoms with Crippen LogP contribution in [0, 0.1) is 13.8 Å². The van der Waals surface area contributed by atoms with E-state index in [1.165, 1.54) is 34.7 Å². The molecule has 0 radical (unpaired) electrons. The first-order valence-electron chi connectivity index (χ1n) is 15.1. The molecule has 1 unspecified atom stereocenters. The molecule has 2 heterocycles. The van der Waals surface area contributed by atoms with Crippen LogP contribution in [0.4, 0.5) is 5.69 Å². The normalized spacial score (nSPS) is 15.1. The number of nitrogens with two attached hydrogens (primary N) is 1. The van der Waals surface area contributed by atoms with E-state index < -0.39 is 5.97 Å². The van der Waals surface area contributed by atoms with Crippen molar-refractivity contribution in [2.24, 2.45) is 0 Å². The molecule has 1 saturated carbocycles. The Morgan fingerprint density at radius 3 is 1.91 bits per heavy atom. The van der Waals surface area contributed by atoms with Gasteiger partial charge in [0.2, 0.25) is 0 Å². The van der Waals surface area contributed by atoms with Gasteiger partial charge in [-0.25, -0.2) is 0 Å². The Balaban J connectivity index is 0.000000261. The van der Waals surface area contributed by atoms with Crippen molar-refractivity contribution in [3.8, 4) is 5.75 Å². The molecule has 0 amide bonds. The number of aromatic nitrogens is 2. The summed E-state index contributed by atoms with van der Waals surface area (Å²) in [6.07, 6.45) is 7.75. The van der Waals surface area contributed by atoms with Crippen molar-refractivity contribution in [1.29, 1.82) is 0 Å². The van der Waals surface area contributed by atoms with Crippen LogP contribution in [0.3, 0.4) is 0 Å². The molecule has 1 aliphatic rings. The van der Waals surface area contributed by atoms with E-state index in [0.29, 0.717) is 29.2 Å². The van der Waals surface area contributed by atoms with Crippen molar-refractivity contribution in [3.63, 3.8) is 0 Å². The molecule has 1 aliphatic carbocycles. The summed E-state index contributed by atoms with van der Waals surface area (Å²) in [6.45, 7) is 8.50. The second-order valence-corrected chi connectivity index (χ2v) is 11.2. The van der Waals surface area contributed by atoms with E-state index in [2.05, 4.69) is 42.5 Å². The summed E-state index contributed by atoms with van der Waals surface area (Å²) >= 11 is 0. The maximum atomic E-state index is 10.8. The minimum atomic E-state index is -0.935. The maximum absolute atomic E-state index is 10.8. The minimum Gasteiger partial charge on any atom is -0.676 e. The zero-order chi connectivity index (χ0) is 32.3. The molecule has 0 saturated heterocycles. The molecule has 6 rings (SSSR count). The van der Waals surface area contributed by atoms with Gasteiger partial charge in [-0.1, -0.05) is 74.7 Å². The molecule has 3 aromatic carbocycles. The maximum Gasteiger partial charge on any atom is 2.00 e. The zero-order valence-electron chi connectivity index (χ0n) is 26.7. The quantitative estimate of drug-likeness (QED) is 0.129. The van der Waals surface area contributed by atoms with Crippen LogP contribution in [-0.4, -0.2) is 38.6 Å². The van der Waals surface area contributed by atoms with Gasteiger partial charge in [-0.05, 0) is 66.4 Å². The summed E-state index contributed by atoms with van der Waals surface area (Å²) in [4.78, 5) is 19.7. The van der Waals surface area contributed by atoms with Crippen LogP contribution in [0.25, 0.3) is 38.8 Å². The summed E-state index contributed by atoms with van der Waals surface area (Å²) in [5.74, 6) is -0.301. The third-order valence-electron chi connectivity index (χ3n) is 7.99. The summed E-state index contributed by atoms with van der Waals surface area (Å²) in [5, 5.41) is 11.2. The number of nitrogens with zero attached hydrogens (tertiary/aromatic N) is 2. The second-order valence-electron chi connectivity index (χ2n) is 11.2. The number of hydrogen-bond acceptors (Lipinski definition) is 5. The summed E-state index contributed by atoms with van der Waals surface area (Å²) in [7, 11) is 0. The number of ether oxygens (including phenoxy) is 1. The first kappa shape index (κ1) is 39.0. The van der Waals surface area contributed by atoms with E-state index in [-0.39, 0.29) is 45.0 Å². The first-order valence-corrected chi connectivity index (χ1v) is 15.1. The molecule has 10 heteroatoms. The fraction of sp³-hybridized carbons (Fsp3) is 0.270. The monoisotopic (exact) mass is 816 g/mol. The van der Waals surface area contributed by atoms with Gasteiger partial charge in [0.05, 0.1) is 17.5 Å². The van der Waals surface area contributed by atoms with Gasteiger partial charge in [0.25, 0.3) is 0 Å². The SMILES string of the molecule is C=C(CC(=O)O)c1cc(OCc2ccccc2)ccc1N.Cc1c(C)c2cccnc2c2ncccc12.O.[NH-]C1CCCC[C@@H]1[NH-].[Pt+2]. The van der Waals surface area contributed by atoms with Crippen LogP contribution in [0.1, 0.15) is 54.4 Å². The summed E-state index contributed by atoms with van der Waals surface area (Å²) in [5.41, 5.74) is 27.7. The molecule has 7 N–H and O–H groups in total. The molecule has 0 bridgehead atoms. The van der Waals surface area contributed by atoms with Crippen molar-refractivity contribution < 1.29 is 41.2 Å². The number of carboxylic acids is 1. The topological polar surface area (TPSA) is 177 Å². The van der Waals surface area contributed by atoms with Crippen molar-refractivity contribution in [3.05, 3.63) is 125 Å². The molecule has 1 fully saturated rings. The number of aliphatic carboxylic acids is 1. The molecule has 47 heavy (non-hydrogen) atoms. The average Bonchev–Trinajstić information content (AvgIpc) is 3.05. The van der Waals surface area contributed by atoms with Crippen LogP contribution in [0.2, 0.25) is 0 Å². The van der Waals surface area contributed by atoms with Crippen molar-refractivity contribution in [1.82, 2.24) is 9.97 Å². The summed E-state index contributed by atoms with van der Waals surface area (Å²) < 4.78 is 5.70. The predicted octanol–water partition coefficient (Wildman–Crippen LogP) is 8.31. The standard InChI is InChI=1S/C17H17NO3.C14H12N2.C6H12N2.H2O.Pt/c1-12(9-17(19)20)15-10-14(7-8-16(15)18)21-11-13-5-3-2-4-6-13;1-9-10(2)12-6-4-8-16-14(12)13-11(9)5-3-7-15-13;7-5-3-1-2-4-6(5)8;;/h2-8,10H,1,9,11,18H2,(H,19,20);3-8H,1-2H3;5-8H,1-4H2;1H2;/q;;-2;;+2/t;;5-,6?;;/m..0../s1. The van der Waals surface area contributed by atoms with Gasteiger partial charge >= 0.3 is 27.0 Å². The van der Waals surface area contributed by atoms with Gasteiger partial charge in [-0.3, -0.25) is 14.8 Å². The predicted molar refractivity (Wildman–Crippen MR) is 188 cm³/mol. The van der Waals surface area contributed by atoms with Gasteiger partial charge < -0.3 is 32.5 Å². The van der Waals surface area contributed by atoms with Gasteiger partial charge in [0, 0.05) is 34.4 Å². The largest absolute Gasteiger partial charge is 2.00 e. The second kappa shape index (κ2) is 18.9. The van der Waals surface area contributed by atoms with E-state index in [1.807, 2.05) is 54.9 Å². The van der Waals surface area contributed by atoms with Crippen molar-refractivity contribution in [2.45, 2.75) is 64.6 Å². The molecule has 250 valence electrons. The van der Waals surface area contributed by atoms with Crippen LogP contribution in [0.15, 0.2) is 91.8 Å². The van der Waals surface area contributed by atoms with E-state index in [0.717, 1.165) is 29.4 Å². The number of hydrogen-bond donors (Lipinski definition) is 2. The number of nitrogen functional groups attached to an aromatic ring is 1. The number of anilines is 1. The molecule has 0 aliphatic heterocycles. The molecule has 2 aromatic heterocycles. The number of carbonyl (C=O) groups is 1. The number of rotatable bonds is 6. The number of nitrogens with one attached hydrogen (secondary N) is 2. The number of aryl methyl sites for hydroxylation is 2. The Morgan fingerprint density at radius 1 is 0.894 bits per heavy atom. The summed E-state index contributed by atoms with van der Waals surface area (Å²) in [6, 6.07) is 23.0. The van der Waals surface area contributed by atoms with Crippen LogP contribution in [0.5, 0.6) is 5.75 Å². The number of pyridine rings is 2. The van der Waals surface area contributed by atoms with Gasteiger partial charge in [0.1, 0.15) is 12.4 Å². The Hall–Kier alpha value is -4.14. The fourth-order valence-electron chi connectivity index (χ4n) is 5.28. The van der Waals surface area contributed by atoms with E-state index >= 15 is 0 Å². The zero-order valence-corrected chi connectivity index (χ0v) is 29.0. The van der Waals surface area contributed by atoms with Gasteiger partial charge in [0.15, 0.2) is 0 Å². The number of benzene rings is 3. The number of fused-ring (bicyclic) bond motifs is 3. The number of carboxylic acid groups (broad SMARTS) is 1. The molecule has 2 atom stereocenters. The minimum absolute atomic E-state index is 0. The van der Waals surface area contributed by atoms with Crippen LogP contribution >= 0.6 is 0 Å². The first-order chi connectivity index (χ1) is 21.7. The fourth-order valence-corrected chi connectivity index (χ4v) is 5.28. The van der Waals surface area contributed by atoms with E-state index in [1.54, 1.807) is 18.2 Å². The van der Waals surface area contributed by atoms with E-state index in [9.17, 15) is 4.79 Å². The van der Waals surface area contributed by atoms with Crippen molar-refractivity contribution >= 4 is 39.0 Å². The van der Waals surface area contributed by atoms with Crippen LogP contribution in [-0.2, 0) is 32.5 Å². The molecule has 5 aromatic rings. The average molecular weight is 817 g/mol. The van der Waals surface area contributed by atoms with Gasteiger partial charge in [-0.2, -0.15) is 12.1 Å². The molecule has 9 nitrogen and oxygen atoms in total. The Bertz CT molecular complexity index is 1700. The van der Waals surface area contributed by atoms with E-state index in [4.69, 9.17) is 27.0 Å². The molecule has 0 spiro atoms. The van der Waals surface area contributed by atoms with Crippen molar-refractivity contribution in [2.75, 3.05) is 5.73 Å². The third-order valence-corrected chi connectivity index (χ3v) is 7.99. The Kier molecular flexibility index (Phi) is 15.7. The molecular weight excluding hydrogens is 774 g/mol. The Labute approximate surface area is 290 Å². The smallest absolute Gasteiger partial charge is 0.676 e.